The van der Waals surface area contributed by atoms with E-state index in [0.29, 0.717) is 42.0 Å². The first-order valence-corrected chi connectivity index (χ1v) is 11.7. The van der Waals surface area contributed by atoms with Crippen molar-refractivity contribution >= 4 is 34.7 Å². The van der Waals surface area contributed by atoms with Crippen LogP contribution in [0.1, 0.15) is 46.5 Å². The van der Waals surface area contributed by atoms with Crippen LogP contribution in [0.15, 0.2) is 0 Å². The van der Waals surface area contributed by atoms with Crippen molar-refractivity contribution in [2.45, 2.75) is 46.5 Å². The minimum absolute atomic E-state index is 0.352. The molecule has 0 aromatic heterocycles. The van der Waals surface area contributed by atoms with Gasteiger partial charge in [-0.05, 0) is 18.8 Å². The van der Waals surface area contributed by atoms with E-state index < -0.39 is 11.6 Å². The molecule has 0 saturated heterocycles. The van der Waals surface area contributed by atoms with Crippen molar-refractivity contribution in [1.82, 2.24) is 5.09 Å². The van der Waals surface area contributed by atoms with Crippen LogP contribution in [0.4, 0.5) is 0 Å². The maximum Gasteiger partial charge on any atom is 0.308 e. The molecule has 0 saturated carbocycles. The third kappa shape index (κ3) is 8.74. The van der Waals surface area contributed by atoms with Crippen LogP contribution in [0, 0.1) is 17.9 Å². The van der Waals surface area contributed by atoms with Gasteiger partial charge in [-0.2, -0.15) is 0 Å². The van der Waals surface area contributed by atoms with Crippen LogP contribution in [0.25, 0.3) is 4.85 Å². The topological polar surface area (TPSA) is 103 Å². The first-order valence-electron chi connectivity index (χ1n) is 7.03. The molecule has 0 bridgehead atoms. The summed E-state index contributed by atoms with van der Waals surface area (Å²) in [5, 5.41) is 13.1. The maximum atomic E-state index is 12.2. The minimum atomic E-state index is -3.18. The number of amides is 1. The number of rotatable bonds is 9. The highest BCUT2D eigenvalue weighted by atomic mass is 33.1. The number of nitrogens with one attached hydrogen (secondary N) is 1. The fourth-order valence-electron chi connectivity index (χ4n) is 1.49. The fraction of sp³-hybridized carbons (Fsp3) is 0.833. The second kappa shape index (κ2) is 11.4. The van der Waals surface area contributed by atoms with Gasteiger partial charge in [0.05, 0.1) is 0 Å². The van der Waals surface area contributed by atoms with Crippen molar-refractivity contribution in [2.24, 2.45) is 22.1 Å². The Bertz CT molecular complexity index is 417. The second-order valence-electron chi connectivity index (χ2n) is 4.85. The molecule has 0 fully saturated rings. The summed E-state index contributed by atoms with van der Waals surface area (Å²) in [5.41, 5.74) is -3.18. The molecule has 2 unspecified atom stereocenters. The van der Waals surface area contributed by atoms with E-state index in [1.165, 1.54) is 0 Å². The van der Waals surface area contributed by atoms with E-state index >= 15 is 0 Å². The minimum Gasteiger partial charge on any atom is -0.288 e. The number of hydrogen-bond acceptors (Lipinski definition) is 6. The van der Waals surface area contributed by atoms with Crippen LogP contribution in [0.5, 0.6) is 0 Å². The molecule has 6 nitrogen and oxygen atoms in total. The molecule has 0 aromatic rings. The number of carbonyl (C=O) groups excluding carboxylic acids is 1. The molecule has 0 aliphatic rings. The maximum absolute atomic E-state index is 12.2. The lowest BCUT2D eigenvalue weighted by Gasteiger charge is -2.16. The third-order valence-corrected chi connectivity index (χ3v) is 7.86. The predicted molar refractivity (Wildman–Crippen MR) is 93.9 cm³/mol. The van der Waals surface area contributed by atoms with Gasteiger partial charge in [0.25, 0.3) is 12.6 Å². The molecule has 5 N–H and O–H groups in total. The average molecular weight is 353 g/mol. The lowest BCUT2D eigenvalue weighted by molar-refractivity contribution is -0.121. The highest BCUT2D eigenvalue weighted by Gasteiger charge is 2.31. The summed E-state index contributed by atoms with van der Waals surface area (Å²) in [4.78, 5) is 16.4. The smallest absolute Gasteiger partial charge is 0.288 e. The van der Waals surface area contributed by atoms with E-state index in [1.54, 1.807) is 0 Å². The summed E-state index contributed by atoms with van der Waals surface area (Å²) < 4.78 is 12.1. The molecule has 2 atom stereocenters. The molecule has 9 heteroatoms. The normalized spacial score (nSPS) is 14.0. The SMILES string of the molecule is CCCC[N+]#CC(CC(C)CC)C(=O)NP(=O)(SN)SN. The van der Waals surface area contributed by atoms with Crippen molar-refractivity contribution in [3.63, 3.8) is 0 Å². The molecule has 122 valence electrons. The van der Waals surface area contributed by atoms with Crippen LogP contribution < -0.4 is 15.4 Å². The van der Waals surface area contributed by atoms with Gasteiger partial charge >= 0.3 is 5.70 Å². The second-order valence-corrected chi connectivity index (χ2v) is 11.5. The molecule has 0 heterocycles. The number of nitrogens with zero attached hydrogens (tertiary/aromatic N) is 1. The highest BCUT2D eigenvalue weighted by Crippen LogP contribution is 2.60. The summed E-state index contributed by atoms with van der Waals surface area (Å²) in [7, 11) is 0. The van der Waals surface area contributed by atoms with Gasteiger partial charge in [-0.15, -0.1) is 0 Å². The van der Waals surface area contributed by atoms with Crippen molar-refractivity contribution in [2.75, 3.05) is 6.54 Å². The molecule has 0 aliphatic heterocycles. The van der Waals surface area contributed by atoms with Crippen molar-refractivity contribution in [1.29, 1.82) is 0 Å². The van der Waals surface area contributed by atoms with Crippen LogP contribution in [-0.4, -0.2) is 12.5 Å². The van der Waals surface area contributed by atoms with Crippen LogP contribution in [-0.2, 0) is 9.36 Å². The van der Waals surface area contributed by atoms with Gasteiger partial charge < -0.3 is 0 Å². The van der Waals surface area contributed by atoms with Gasteiger partial charge in [-0.1, -0.05) is 32.0 Å². The van der Waals surface area contributed by atoms with E-state index in [-0.39, 0.29) is 5.91 Å². The summed E-state index contributed by atoms with van der Waals surface area (Å²) in [6, 6.07) is 2.88. The first kappa shape index (κ1) is 20.8. The van der Waals surface area contributed by atoms with Crippen LogP contribution in [0.2, 0.25) is 0 Å². The number of nitrogens with two attached hydrogens (primary N) is 2. The molecule has 0 spiro atoms. The van der Waals surface area contributed by atoms with Crippen LogP contribution >= 0.6 is 28.8 Å². The highest BCUT2D eigenvalue weighted by molar-refractivity contribution is 8.89. The van der Waals surface area contributed by atoms with E-state index in [1.807, 2.05) is 0 Å². The standard InChI is InChI=1S/C12H25N4O2PS2/c1-4-6-7-15-9-11(8-10(3)5-2)12(17)16-19(18,20-13)21-14/h10-11H,4-8,13-14H2,1-3H3/p+1. The van der Waals surface area contributed by atoms with Crippen molar-refractivity contribution in [3.05, 3.63) is 4.85 Å². The molecule has 0 aromatic carbocycles. The predicted octanol–water partition coefficient (Wildman–Crippen LogP) is 3.61. The van der Waals surface area contributed by atoms with E-state index in [0.717, 1.165) is 19.3 Å². The Labute approximate surface area is 135 Å². The molecular formula is C12H26N4O2PS2+. The summed E-state index contributed by atoms with van der Waals surface area (Å²) in [6.07, 6.45) is 3.56. The van der Waals surface area contributed by atoms with Crippen molar-refractivity contribution < 1.29 is 9.36 Å². The van der Waals surface area contributed by atoms with Crippen molar-refractivity contribution in [3.8, 4) is 6.07 Å². The lowest BCUT2D eigenvalue weighted by atomic mass is 9.94. The fourth-order valence-corrected chi connectivity index (χ4v) is 3.52. The van der Waals surface area contributed by atoms with Gasteiger partial charge in [-0.3, -0.25) is 24.7 Å². The molecule has 1 amide bonds. The summed E-state index contributed by atoms with van der Waals surface area (Å²) in [6.45, 7) is 6.84. The first-order chi connectivity index (χ1) is 9.92. The number of hydrogen-bond donors (Lipinski definition) is 3. The van der Waals surface area contributed by atoms with E-state index in [2.05, 4.69) is 36.8 Å². The summed E-state index contributed by atoms with van der Waals surface area (Å²) >= 11 is 1.16. The Kier molecular flexibility index (Phi) is 11.3. The molecule has 0 rings (SSSR count). The lowest BCUT2D eigenvalue weighted by Crippen LogP contribution is -2.28. The van der Waals surface area contributed by atoms with Gasteiger partial charge in [-0.25, -0.2) is 0 Å². The Hall–Kier alpha value is -0.190. The van der Waals surface area contributed by atoms with Gasteiger partial charge in [0.1, 0.15) is 0 Å². The van der Waals surface area contributed by atoms with E-state index in [4.69, 9.17) is 10.3 Å². The Balaban J connectivity index is 4.87. The molecule has 0 radical (unpaired) electrons. The molecule has 0 aliphatic carbocycles. The van der Waals surface area contributed by atoms with Gasteiger partial charge in [0, 0.05) is 29.6 Å². The zero-order valence-corrected chi connectivity index (χ0v) is 15.4. The molecule has 21 heavy (non-hydrogen) atoms. The van der Waals surface area contributed by atoms with Gasteiger partial charge in [0.15, 0.2) is 5.92 Å². The Morgan fingerprint density at radius 3 is 2.48 bits per heavy atom. The zero-order chi connectivity index (χ0) is 16.3. The third-order valence-electron chi connectivity index (χ3n) is 3.05. The average Bonchev–Trinajstić information content (AvgIpc) is 2.49. The van der Waals surface area contributed by atoms with Crippen LogP contribution in [0.3, 0.4) is 0 Å². The number of carbonyl (C=O) groups is 1. The zero-order valence-electron chi connectivity index (χ0n) is 12.9. The number of unbranched alkanes of at least 4 members (excludes halogenated alkanes) is 1. The monoisotopic (exact) mass is 353 g/mol. The Morgan fingerprint density at radius 1 is 1.38 bits per heavy atom. The van der Waals surface area contributed by atoms with Gasteiger partial charge in [0.2, 0.25) is 5.91 Å². The quantitative estimate of drug-likeness (QED) is 0.332. The Morgan fingerprint density at radius 2 is 2.00 bits per heavy atom. The summed E-state index contributed by atoms with van der Waals surface area (Å²) in [5.74, 6) is -0.552. The largest absolute Gasteiger partial charge is 0.308 e. The molecular weight excluding hydrogens is 327 g/mol. The van der Waals surface area contributed by atoms with E-state index in [9.17, 15) is 9.36 Å².